The molecule has 0 aliphatic rings. The van der Waals surface area contributed by atoms with Gasteiger partial charge in [0.2, 0.25) is 12.8 Å². The maximum Gasteiger partial charge on any atom is 0.209 e. The molecule has 6 N–H and O–H groups in total. The first-order chi connectivity index (χ1) is 4.54. The van der Waals surface area contributed by atoms with Crippen LogP contribution in [-0.4, -0.2) is 50.8 Å². The lowest BCUT2D eigenvalue weighted by molar-refractivity contribution is -0.116. The Hall–Kier alpha value is -1.14. The molecule has 0 bridgehead atoms. The van der Waals surface area contributed by atoms with E-state index in [9.17, 15) is 9.59 Å². The molecule has 6 nitrogen and oxygen atoms in total. The van der Waals surface area contributed by atoms with Gasteiger partial charge in [0.15, 0.2) is 0 Å². The highest BCUT2D eigenvalue weighted by atomic mass is 16.1. The van der Waals surface area contributed by atoms with Crippen molar-refractivity contribution in [2.45, 2.75) is 0 Å². The standard InChI is InChI=1S/2C3H7NO.2H3N/c2*1-4(2)3-5;;/h2*3H,1-2H3;2*1H3. The molecule has 0 heterocycles. The van der Waals surface area contributed by atoms with Crippen LogP contribution in [0.4, 0.5) is 0 Å². The molecule has 0 aromatic carbocycles. The van der Waals surface area contributed by atoms with Gasteiger partial charge in [-0.15, -0.1) is 0 Å². The molecule has 0 spiro atoms. The van der Waals surface area contributed by atoms with E-state index in [0.717, 1.165) is 12.8 Å². The van der Waals surface area contributed by atoms with Crippen molar-refractivity contribution in [2.75, 3.05) is 28.2 Å². The molecular weight excluding hydrogens is 160 g/mol. The molecule has 0 aliphatic heterocycles. The molecule has 0 saturated heterocycles. The minimum atomic E-state index is 0. The summed E-state index contributed by atoms with van der Waals surface area (Å²) < 4.78 is 0. The first kappa shape index (κ1) is 22.4. The lowest BCUT2D eigenvalue weighted by atomic mass is 11.0. The summed E-state index contributed by atoms with van der Waals surface area (Å²) in [7, 11) is 6.75. The first-order valence-corrected chi connectivity index (χ1v) is 2.78. The highest BCUT2D eigenvalue weighted by Crippen LogP contribution is 1.52. The molecule has 76 valence electrons. The third-order valence-electron chi connectivity index (χ3n) is 0.422. The molecule has 12 heavy (non-hydrogen) atoms. The van der Waals surface area contributed by atoms with Crippen molar-refractivity contribution in [2.24, 2.45) is 0 Å². The average molecular weight is 180 g/mol. The third-order valence-corrected chi connectivity index (χ3v) is 0.422. The fourth-order valence-corrected chi connectivity index (χ4v) is 0. The molecule has 0 rings (SSSR count). The zero-order valence-electron chi connectivity index (χ0n) is 8.28. The second-order valence-corrected chi connectivity index (χ2v) is 2.14. The van der Waals surface area contributed by atoms with Gasteiger partial charge in [-0.2, -0.15) is 0 Å². The van der Waals surface area contributed by atoms with Crippen LogP contribution in [0.25, 0.3) is 0 Å². The summed E-state index contributed by atoms with van der Waals surface area (Å²) in [4.78, 5) is 21.8. The van der Waals surface area contributed by atoms with E-state index >= 15 is 0 Å². The van der Waals surface area contributed by atoms with E-state index in [1.807, 2.05) is 0 Å². The van der Waals surface area contributed by atoms with E-state index in [2.05, 4.69) is 0 Å². The smallest absolute Gasteiger partial charge is 0.209 e. The zero-order valence-corrected chi connectivity index (χ0v) is 8.28. The van der Waals surface area contributed by atoms with Crippen molar-refractivity contribution in [3.63, 3.8) is 0 Å². The van der Waals surface area contributed by atoms with Gasteiger partial charge >= 0.3 is 0 Å². The monoisotopic (exact) mass is 180 g/mol. The van der Waals surface area contributed by atoms with Crippen LogP contribution in [0, 0.1) is 0 Å². The topological polar surface area (TPSA) is 111 Å². The van der Waals surface area contributed by atoms with E-state index in [-0.39, 0.29) is 12.3 Å². The molecule has 0 radical (unpaired) electrons. The van der Waals surface area contributed by atoms with Crippen molar-refractivity contribution in [1.82, 2.24) is 22.1 Å². The molecule has 2 amide bonds. The van der Waals surface area contributed by atoms with Gasteiger partial charge in [-0.05, 0) is 0 Å². The molecule has 0 aromatic rings. The number of carbonyl (C=O) groups is 2. The number of hydrogen-bond acceptors (Lipinski definition) is 4. The van der Waals surface area contributed by atoms with Gasteiger partial charge in [-0.3, -0.25) is 9.59 Å². The fourth-order valence-electron chi connectivity index (χ4n) is 0. The highest BCUT2D eigenvalue weighted by Gasteiger charge is 1.68. The molecule has 0 fully saturated rings. The normalized spacial score (nSPS) is 5.67. The van der Waals surface area contributed by atoms with Crippen LogP contribution in [0.3, 0.4) is 0 Å². The van der Waals surface area contributed by atoms with Gasteiger partial charge in [-0.1, -0.05) is 0 Å². The predicted octanol–water partition coefficient (Wildman–Crippen LogP) is -0.267. The Morgan fingerprint density at radius 3 is 0.833 bits per heavy atom. The fraction of sp³-hybridized carbons (Fsp3) is 0.667. The average Bonchev–Trinajstić information content (AvgIpc) is 1.89. The van der Waals surface area contributed by atoms with Crippen LogP contribution in [0.5, 0.6) is 0 Å². The summed E-state index contributed by atoms with van der Waals surface area (Å²) in [6, 6.07) is 0. The Balaban J connectivity index is -0.0000000457. The second kappa shape index (κ2) is 16.4. The first-order valence-electron chi connectivity index (χ1n) is 2.78. The van der Waals surface area contributed by atoms with Crippen LogP contribution in [0.15, 0.2) is 0 Å². The maximum absolute atomic E-state index is 9.43. The van der Waals surface area contributed by atoms with E-state index in [1.54, 1.807) is 28.2 Å². The maximum atomic E-state index is 9.43. The molecule has 0 aromatic heterocycles. The molecule has 0 unspecified atom stereocenters. The van der Waals surface area contributed by atoms with Crippen LogP contribution in [0.2, 0.25) is 0 Å². The van der Waals surface area contributed by atoms with Crippen molar-refractivity contribution < 1.29 is 9.59 Å². The van der Waals surface area contributed by atoms with Gasteiger partial charge in [0.25, 0.3) is 0 Å². The Bertz CT molecular complexity index is 83.5. The summed E-state index contributed by atoms with van der Waals surface area (Å²) in [5.41, 5.74) is 0. The largest absolute Gasteiger partial charge is 0.351 e. The molecular formula is C6H20N4O2. The summed E-state index contributed by atoms with van der Waals surface area (Å²) in [6.45, 7) is 0. The summed E-state index contributed by atoms with van der Waals surface area (Å²) >= 11 is 0. The van der Waals surface area contributed by atoms with Gasteiger partial charge < -0.3 is 22.1 Å². The van der Waals surface area contributed by atoms with Gasteiger partial charge in [-0.25, -0.2) is 0 Å². The molecule has 0 aliphatic carbocycles. The zero-order chi connectivity index (χ0) is 8.57. The Kier molecular flexibility index (Phi) is 30.8. The number of nitrogens with zero attached hydrogens (tertiary/aromatic N) is 2. The van der Waals surface area contributed by atoms with E-state index in [4.69, 9.17) is 0 Å². The Labute approximate surface area is 73.7 Å². The van der Waals surface area contributed by atoms with E-state index in [0.29, 0.717) is 0 Å². The highest BCUT2D eigenvalue weighted by molar-refractivity contribution is 5.45. The minimum Gasteiger partial charge on any atom is -0.351 e. The number of amides is 2. The summed E-state index contributed by atoms with van der Waals surface area (Å²) in [6.07, 6.45) is 1.50. The Morgan fingerprint density at radius 1 is 0.750 bits per heavy atom. The number of hydrogen-bond donors (Lipinski definition) is 2. The third kappa shape index (κ3) is 66.9. The second-order valence-electron chi connectivity index (χ2n) is 2.14. The summed E-state index contributed by atoms with van der Waals surface area (Å²) in [5, 5.41) is 0. The number of rotatable bonds is 2. The lowest BCUT2D eigenvalue weighted by Gasteiger charge is -1.93. The molecule has 0 atom stereocenters. The quantitative estimate of drug-likeness (QED) is 0.570. The number of carbonyl (C=O) groups excluding carboxylic acids is 2. The van der Waals surface area contributed by atoms with Gasteiger partial charge in [0.1, 0.15) is 0 Å². The van der Waals surface area contributed by atoms with Crippen molar-refractivity contribution in [3.8, 4) is 0 Å². The van der Waals surface area contributed by atoms with Crippen LogP contribution >= 0.6 is 0 Å². The Morgan fingerprint density at radius 2 is 0.833 bits per heavy atom. The van der Waals surface area contributed by atoms with Crippen LogP contribution in [0.1, 0.15) is 0 Å². The lowest BCUT2D eigenvalue weighted by Crippen LogP contribution is -2.06. The SMILES string of the molecule is CN(C)C=O.CN(C)C=O.N.N. The van der Waals surface area contributed by atoms with Gasteiger partial charge in [0, 0.05) is 28.2 Å². The molecule has 0 saturated carbocycles. The van der Waals surface area contributed by atoms with Crippen molar-refractivity contribution in [3.05, 3.63) is 0 Å². The summed E-state index contributed by atoms with van der Waals surface area (Å²) in [5.74, 6) is 0. The molecule has 6 heteroatoms. The van der Waals surface area contributed by atoms with Crippen LogP contribution in [-0.2, 0) is 9.59 Å². The van der Waals surface area contributed by atoms with Gasteiger partial charge in [0.05, 0.1) is 0 Å². The van der Waals surface area contributed by atoms with Crippen molar-refractivity contribution >= 4 is 12.8 Å². The minimum absolute atomic E-state index is 0. The van der Waals surface area contributed by atoms with Crippen LogP contribution < -0.4 is 12.3 Å². The van der Waals surface area contributed by atoms with E-state index < -0.39 is 0 Å². The van der Waals surface area contributed by atoms with Crippen molar-refractivity contribution in [1.29, 1.82) is 0 Å². The van der Waals surface area contributed by atoms with E-state index in [1.165, 1.54) is 9.80 Å². The predicted molar refractivity (Wildman–Crippen MR) is 49.5 cm³/mol.